The van der Waals surface area contributed by atoms with Crippen molar-refractivity contribution in [1.82, 2.24) is 9.88 Å². The van der Waals surface area contributed by atoms with Crippen molar-refractivity contribution < 1.29 is 23.8 Å². The maximum absolute atomic E-state index is 14.9. The van der Waals surface area contributed by atoms with E-state index in [2.05, 4.69) is 4.98 Å². The molecule has 28 heavy (non-hydrogen) atoms. The van der Waals surface area contributed by atoms with E-state index in [1.807, 2.05) is 19.1 Å². The molecule has 7 heteroatoms. The summed E-state index contributed by atoms with van der Waals surface area (Å²) in [7, 11) is 0. The van der Waals surface area contributed by atoms with Gasteiger partial charge in [0.25, 0.3) is 5.91 Å². The van der Waals surface area contributed by atoms with Gasteiger partial charge in [0.2, 0.25) is 0 Å². The zero-order chi connectivity index (χ0) is 19.8. The standard InChI is InChI=1S/C21H23FN2O4/c1-12-3-4-14(9-23-12)7-15-8-16-20(19(22)13(15)2)28-11-24(21(16)26)17-10-27-6-5-18(17)25/h3-4,8-9,17-18,25H,5-7,10-11H2,1-2H3/t17-,18-/m0/s1. The average molecular weight is 386 g/mol. The molecule has 2 aliphatic rings. The van der Waals surface area contributed by atoms with E-state index < -0.39 is 18.0 Å². The molecule has 0 bridgehead atoms. The van der Waals surface area contributed by atoms with Crippen LogP contribution in [0.15, 0.2) is 24.4 Å². The number of aromatic nitrogens is 1. The molecule has 4 rings (SSSR count). The van der Waals surface area contributed by atoms with Gasteiger partial charge in [-0.3, -0.25) is 14.7 Å². The fourth-order valence-electron chi connectivity index (χ4n) is 3.69. The Morgan fingerprint density at radius 2 is 2.18 bits per heavy atom. The number of aliphatic hydroxyl groups is 1. The number of hydrogen-bond acceptors (Lipinski definition) is 5. The molecule has 6 nitrogen and oxygen atoms in total. The summed E-state index contributed by atoms with van der Waals surface area (Å²) < 4.78 is 25.9. The van der Waals surface area contributed by atoms with Gasteiger partial charge in [-0.2, -0.15) is 0 Å². The summed E-state index contributed by atoms with van der Waals surface area (Å²) in [5.74, 6) is -0.880. The summed E-state index contributed by atoms with van der Waals surface area (Å²) in [5.41, 5.74) is 3.19. The Morgan fingerprint density at radius 3 is 2.89 bits per heavy atom. The third-order valence-corrected chi connectivity index (χ3v) is 5.47. The van der Waals surface area contributed by atoms with Crippen LogP contribution in [0, 0.1) is 19.7 Å². The number of pyridine rings is 1. The summed E-state index contributed by atoms with van der Waals surface area (Å²) in [6, 6.07) is 5.04. The molecule has 1 fully saturated rings. The Labute approximate surface area is 162 Å². The zero-order valence-corrected chi connectivity index (χ0v) is 15.9. The Hall–Kier alpha value is -2.51. The van der Waals surface area contributed by atoms with Crippen LogP contribution in [-0.4, -0.2) is 53.0 Å². The second kappa shape index (κ2) is 7.48. The first-order valence-electron chi connectivity index (χ1n) is 9.38. The number of halogens is 1. The van der Waals surface area contributed by atoms with E-state index in [0.717, 1.165) is 11.3 Å². The molecule has 1 aromatic carbocycles. The molecule has 0 spiro atoms. The first-order chi connectivity index (χ1) is 13.5. The SMILES string of the molecule is Cc1ccc(Cc2cc3c(c(F)c2C)OCN([C@H]2COCC[C@@H]2O)C3=O)cn1. The van der Waals surface area contributed by atoms with Crippen molar-refractivity contribution in [1.29, 1.82) is 0 Å². The minimum absolute atomic E-state index is 0.0178. The van der Waals surface area contributed by atoms with Crippen LogP contribution >= 0.6 is 0 Å². The summed E-state index contributed by atoms with van der Waals surface area (Å²) in [6.45, 7) is 4.18. The predicted molar refractivity (Wildman–Crippen MR) is 99.8 cm³/mol. The van der Waals surface area contributed by atoms with Gasteiger partial charge >= 0.3 is 0 Å². The number of nitrogens with zero attached hydrogens (tertiary/aromatic N) is 2. The zero-order valence-electron chi connectivity index (χ0n) is 15.9. The number of rotatable bonds is 3. The molecule has 0 unspecified atom stereocenters. The molecule has 0 saturated carbocycles. The lowest BCUT2D eigenvalue weighted by Gasteiger charge is -2.39. The van der Waals surface area contributed by atoms with Crippen molar-refractivity contribution in [3.63, 3.8) is 0 Å². The molecule has 1 saturated heterocycles. The lowest BCUT2D eigenvalue weighted by atomic mass is 9.95. The fourth-order valence-corrected chi connectivity index (χ4v) is 3.69. The van der Waals surface area contributed by atoms with E-state index in [0.29, 0.717) is 30.6 Å². The van der Waals surface area contributed by atoms with Crippen LogP contribution in [0.3, 0.4) is 0 Å². The highest BCUT2D eigenvalue weighted by molar-refractivity contribution is 5.98. The number of fused-ring (bicyclic) bond motifs is 1. The van der Waals surface area contributed by atoms with E-state index in [-0.39, 0.29) is 30.6 Å². The lowest BCUT2D eigenvalue weighted by molar-refractivity contribution is -0.0700. The third-order valence-electron chi connectivity index (χ3n) is 5.47. The number of hydrogen-bond donors (Lipinski definition) is 1. The number of carbonyl (C=O) groups excluding carboxylic acids is 1. The number of amides is 1. The van der Waals surface area contributed by atoms with Gasteiger partial charge in [-0.05, 0) is 55.5 Å². The van der Waals surface area contributed by atoms with Gasteiger partial charge in [-0.25, -0.2) is 4.39 Å². The molecule has 148 valence electrons. The van der Waals surface area contributed by atoms with Crippen molar-refractivity contribution in [2.45, 2.75) is 38.8 Å². The number of carbonyl (C=O) groups is 1. The lowest BCUT2D eigenvalue weighted by Crippen LogP contribution is -2.55. The van der Waals surface area contributed by atoms with Gasteiger partial charge in [0, 0.05) is 18.5 Å². The molecule has 3 heterocycles. The minimum Gasteiger partial charge on any atom is -0.469 e. The number of aliphatic hydroxyl groups excluding tert-OH is 1. The van der Waals surface area contributed by atoms with Gasteiger partial charge < -0.3 is 14.6 Å². The summed E-state index contributed by atoms with van der Waals surface area (Å²) in [6.07, 6.45) is 1.99. The molecule has 1 N–H and O–H groups in total. The molecule has 2 atom stereocenters. The van der Waals surface area contributed by atoms with Crippen molar-refractivity contribution in [2.75, 3.05) is 19.9 Å². The van der Waals surface area contributed by atoms with Crippen molar-refractivity contribution >= 4 is 5.91 Å². The number of ether oxygens (including phenoxy) is 2. The average Bonchev–Trinajstić information content (AvgIpc) is 2.69. The first-order valence-corrected chi connectivity index (χ1v) is 9.38. The highest BCUT2D eigenvalue weighted by Crippen LogP contribution is 2.34. The first kappa shape index (κ1) is 18.8. The Morgan fingerprint density at radius 1 is 1.36 bits per heavy atom. The van der Waals surface area contributed by atoms with Gasteiger partial charge in [-0.1, -0.05) is 6.07 Å². The second-order valence-corrected chi connectivity index (χ2v) is 7.38. The second-order valence-electron chi connectivity index (χ2n) is 7.38. The molecular formula is C21H23FN2O4. The van der Waals surface area contributed by atoms with E-state index in [4.69, 9.17) is 9.47 Å². The monoisotopic (exact) mass is 386 g/mol. The molecule has 2 aromatic rings. The Kier molecular flexibility index (Phi) is 5.03. The normalized spacial score (nSPS) is 22.0. The van der Waals surface area contributed by atoms with Gasteiger partial charge in [0.05, 0.1) is 24.3 Å². The maximum Gasteiger partial charge on any atom is 0.260 e. The molecule has 0 radical (unpaired) electrons. The van der Waals surface area contributed by atoms with Crippen LogP contribution in [0.4, 0.5) is 4.39 Å². The van der Waals surface area contributed by atoms with Crippen LogP contribution in [0.1, 0.15) is 39.2 Å². The van der Waals surface area contributed by atoms with E-state index in [1.165, 1.54) is 4.90 Å². The van der Waals surface area contributed by atoms with Crippen LogP contribution in [0.5, 0.6) is 5.75 Å². The minimum atomic E-state index is -0.684. The largest absolute Gasteiger partial charge is 0.469 e. The van der Waals surface area contributed by atoms with Crippen LogP contribution in [-0.2, 0) is 11.2 Å². The maximum atomic E-state index is 14.9. The van der Waals surface area contributed by atoms with Crippen LogP contribution in [0.2, 0.25) is 0 Å². The van der Waals surface area contributed by atoms with E-state index in [1.54, 1.807) is 19.2 Å². The smallest absolute Gasteiger partial charge is 0.260 e. The molecule has 1 aromatic heterocycles. The number of benzene rings is 1. The van der Waals surface area contributed by atoms with Gasteiger partial charge in [-0.15, -0.1) is 0 Å². The van der Waals surface area contributed by atoms with Crippen molar-refractivity contribution in [3.05, 3.63) is 58.2 Å². The summed E-state index contributed by atoms with van der Waals surface area (Å²) >= 11 is 0. The fraction of sp³-hybridized carbons (Fsp3) is 0.429. The van der Waals surface area contributed by atoms with E-state index in [9.17, 15) is 14.3 Å². The Balaban J connectivity index is 1.67. The number of aryl methyl sites for hydroxylation is 1. The molecule has 0 aliphatic carbocycles. The Bertz CT molecular complexity index is 900. The third kappa shape index (κ3) is 3.36. The highest BCUT2D eigenvalue weighted by atomic mass is 19.1. The highest BCUT2D eigenvalue weighted by Gasteiger charge is 2.38. The van der Waals surface area contributed by atoms with E-state index >= 15 is 0 Å². The quantitative estimate of drug-likeness (QED) is 0.877. The molecule has 1 amide bonds. The van der Waals surface area contributed by atoms with Crippen molar-refractivity contribution in [3.8, 4) is 5.75 Å². The summed E-state index contributed by atoms with van der Waals surface area (Å²) in [4.78, 5) is 18.8. The molecular weight excluding hydrogens is 363 g/mol. The van der Waals surface area contributed by atoms with Crippen LogP contribution < -0.4 is 4.74 Å². The van der Waals surface area contributed by atoms with Crippen molar-refractivity contribution in [2.24, 2.45) is 0 Å². The molecule has 2 aliphatic heterocycles. The van der Waals surface area contributed by atoms with Gasteiger partial charge in [0.15, 0.2) is 18.3 Å². The topological polar surface area (TPSA) is 71.9 Å². The van der Waals surface area contributed by atoms with Gasteiger partial charge in [0.1, 0.15) is 0 Å². The summed E-state index contributed by atoms with van der Waals surface area (Å²) in [5, 5.41) is 10.2. The predicted octanol–water partition coefficient (Wildman–Crippen LogP) is 2.37. The van der Waals surface area contributed by atoms with Crippen LogP contribution in [0.25, 0.3) is 0 Å².